The third kappa shape index (κ3) is 23.7. The topological polar surface area (TPSA) is 69.4 Å². The van der Waals surface area contributed by atoms with E-state index in [0.29, 0.717) is 0 Å². The molecule has 68 valence electrons. The van der Waals surface area contributed by atoms with Crippen LogP contribution in [-0.4, -0.2) is 18.5 Å². The zero-order valence-electron chi connectivity index (χ0n) is 7.08. The van der Waals surface area contributed by atoms with Gasteiger partial charge in [0.25, 0.3) is 0 Å². The normalized spacial score (nSPS) is 7.08. The molecule has 0 aromatic rings. The number of carbonyl (C=O) groups excluding carboxylic acids is 2. The fraction of sp³-hybridized carbons (Fsp3) is 0.250. The van der Waals surface area contributed by atoms with E-state index >= 15 is 0 Å². The van der Waals surface area contributed by atoms with Crippen LogP contribution in [0.25, 0.3) is 0 Å². The van der Waals surface area contributed by atoms with Crippen molar-refractivity contribution in [3.63, 3.8) is 0 Å². The second-order valence-corrected chi connectivity index (χ2v) is 1.73. The number of carbonyl (C=O) groups is 2. The molecule has 4 nitrogen and oxygen atoms in total. The summed E-state index contributed by atoms with van der Waals surface area (Å²) in [7, 11) is 0. The molecule has 0 heterocycles. The molecule has 4 heteroatoms. The highest BCUT2D eigenvalue weighted by Gasteiger charge is 1.87. The molecule has 0 saturated heterocycles. The Labute approximate surface area is 71.7 Å². The molecular weight excluding hydrogens is 158 g/mol. The Morgan fingerprint density at radius 1 is 1.50 bits per heavy atom. The number of hydrogen-bond acceptors (Lipinski definition) is 3. The van der Waals surface area contributed by atoms with Gasteiger partial charge < -0.3 is 10.5 Å². The molecular formula is C8H13NO3. The van der Waals surface area contributed by atoms with E-state index in [9.17, 15) is 9.59 Å². The van der Waals surface area contributed by atoms with Crippen molar-refractivity contribution in [2.24, 2.45) is 5.73 Å². The summed E-state index contributed by atoms with van der Waals surface area (Å²) in [6.07, 6.45) is 2.62. The van der Waals surface area contributed by atoms with Crippen LogP contribution in [0.2, 0.25) is 0 Å². The van der Waals surface area contributed by atoms with E-state index < -0.39 is 5.97 Å². The van der Waals surface area contributed by atoms with Gasteiger partial charge in [0.1, 0.15) is 6.61 Å². The van der Waals surface area contributed by atoms with E-state index in [1.807, 2.05) is 0 Å². The van der Waals surface area contributed by atoms with Crippen LogP contribution in [-0.2, 0) is 14.3 Å². The van der Waals surface area contributed by atoms with E-state index in [1.165, 1.54) is 13.0 Å². The van der Waals surface area contributed by atoms with E-state index in [0.717, 1.165) is 6.08 Å². The van der Waals surface area contributed by atoms with Gasteiger partial charge in [-0.15, -0.1) is 0 Å². The van der Waals surface area contributed by atoms with Gasteiger partial charge in [0.2, 0.25) is 5.91 Å². The highest BCUT2D eigenvalue weighted by molar-refractivity contribution is 5.81. The molecule has 0 aromatic carbocycles. The minimum Gasteiger partial charge on any atom is -0.458 e. The minimum absolute atomic E-state index is 0.255. The van der Waals surface area contributed by atoms with Crippen LogP contribution in [0.1, 0.15) is 6.92 Å². The van der Waals surface area contributed by atoms with Gasteiger partial charge in [0, 0.05) is 13.0 Å². The maximum atomic E-state index is 10.2. The average Bonchev–Trinajstić information content (AvgIpc) is 1.99. The fourth-order valence-electron chi connectivity index (χ4n) is 0.200. The molecule has 2 N–H and O–H groups in total. The van der Waals surface area contributed by atoms with Gasteiger partial charge in [0.15, 0.2) is 0 Å². The summed E-state index contributed by atoms with van der Waals surface area (Å²) in [4.78, 5) is 19.4. The number of ether oxygens (including phenoxy) is 1. The third-order valence-corrected chi connectivity index (χ3v) is 0.510. The summed E-state index contributed by atoms with van der Waals surface area (Å²) in [5.41, 5.74) is 4.47. The first-order valence-corrected chi connectivity index (χ1v) is 3.20. The molecule has 0 bridgehead atoms. The van der Waals surface area contributed by atoms with E-state index in [2.05, 4.69) is 23.6 Å². The number of esters is 1. The highest BCUT2D eigenvalue weighted by Crippen LogP contribution is 1.77. The molecule has 0 saturated carbocycles. The Kier molecular flexibility index (Phi) is 10.2. The number of amides is 1. The van der Waals surface area contributed by atoms with Crippen LogP contribution < -0.4 is 5.73 Å². The van der Waals surface area contributed by atoms with Crippen molar-refractivity contribution in [1.82, 2.24) is 0 Å². The van der Waals surface area contributed by atoms with Crippen molar-refractivity contribution in [3.05, 3.63) is 25.3 Å². The van der Waals surface area contributed by atoms with Crippen LogP contribution in [0.5, 0.6) is 0 Å². The zero-order chi connectivity index (χ0) is 9.98. The molecule has 0 fully saturated rings. The predicted octanol–water partition coefficient (Wildman–Crippen LogP) is 0.393. The van der Waals surface area contributed by atoms with Gasteiger partial charge in [-0.05, 0) is 0 Å². The van der Waals surface area contributed by atoms with Crippen LogP contribution in [0.4, 0.5) is 0 Å². The second kappa shape index (κ2) is 9.42. The van der Waals surface area contributed by atoms with Crippen molar-refractivity contribution in [2.45, 2.75) is 6.92 Å². The Balaban J connectivity index is 0. The summed E-state index contributed by atoms with van der Waals surface area (Å²) in [6.45, 7) is 8.12. The Bertz CT molecular complexity index is 171. The number of primary amides is 1. The summed E-state index contributed by atoms with van der Waals surface area (Å²) in [5.74, 6) is -0.745. The lowest BCUT2D eigenvalue weighted by Crippen LogP contribution is -2.01. The molecule has 0 unspecified atom stereocenters. The minimum atomic E-state index is -0.412. The second-order valence-electron chi connectivity index (χ2n) is 1.73. The molecule has 0 aliphatic rings. The van der Waals surface area contributed by atoms with Crippen LogP contribution in [0.3, 0.4) is 0 Å². The average molecular weight is 171 g/mol. The van der Waals surface area contributed by atoms with Gasteiger partial charge in [-0.2, -0.15) is 0 Å². The largest absolute Gasteiger partial charge is 0.458 e. The van der Waals surface area contributed by atoms with Crippen molar-refractivity contribution < 1.29 is 14.3 Å². The molecule has 12 heavy (non-hydrogen) atoms. The smallest absolute Gasteiger partial charge is 0.330 e. The summed E-state index contributed by atoms with van der Waals surface area (Å²) >= 11 is 0. The SMILES string of the molecule is C=CCOC(=O)C=C.CC(N)=O. The van der Waals surface area contributed by atoms with Crippen LogP contribution >= 0.6 is 0 Å². The number of nitrogens with two attached hydrogens (primary N) is 1. The Morgan fingerprint density at radius 3 is 2.17 bits per heavy atom. The molecule has 0 aliphatic carbocycles. The summed E-state index contributed by atoms with van der Waals surface area (Å²) < 4.78 is 4.47. The van der Waals surface area contributed by atoms with Gasteiger partial charge in [0.05, 0.1) is 0 Å². The third-order valence-electron chi connectivity index (χ3n) is 0.510. The molecule has 0 spiro atoms. The lowest BCUT2D eigenvalue weighted by molar-refractivity contribution is -0.136. The molecule has 0 radical (unpaired) electrons. The van der Waals surface area contributed by atoms with E-state index in [1.54, 1.807) is 0 Å². The van der Waals surface area contributed by atoms with Crippen LogP contribution in [0, 0.1) is 0 Å². The van der Waals surface area contributed by atoms with E-state index in [4.69, 9.17) is 0 Å². The molecule has 0 atom stereocenters. The molecule has 1 amide bonds. The monoisotopic (exact) mass is 171 g/mol. The first-order valence-electron chi connectivity index (χ1n) is 3.20. The van der Waals surface area contributed by atoms with Gasteiger partial charge in [-0.3, -0.25) is 4.79 Å². The summed E-state index contributed by atoms with van der Waals surface area (Å²) in [6, 6.07) is 0. The fourth-order valence-corrected chi connectivity index (χ4v) is 0.200. The van der Waals surface area contributed by atoms with E-state index in [-0.39, 0.29) is 12.5 Å². The number of hydrogen-bond donors (Lipinski definition) is 1. The van der Waals surface area contributed by atoms with Gasteiger partial charge in [-0.25, -0.2) is 4.79 Å². The molecule has 0 aliphatic heterocycles. The van der Waals surface area contributed by atoms with Crippen molar-refractivity contribution in [3.8, 4) is 0 Å². The first kappa shape index (κ1) is 13.0. The molecule has 0 aromatic heterocycles. The van der Waals surface area contributed by atoms with Crippen molar-refractivity contribution in [1.29, 1.82) is 0 Å². The summed E-state index contributed by atoms with van der Waals surface area (Å²) in [5, 5.41) is 0. The molecule has 0 rings (SSSR count). The maximum absolute atomic E-state index is 10.2. The van der Waals surface area contributed by atoms with Gasteiger partial charge >= 0.3 is 5.97 Å². The lowest BCUT2D eigenvalue weighted by atomic mass is 10.6. The van der Waals surface area contributed by atoms with Crippen molar-refractivity contribution >= 4 is 11.9 Å². The predicted molar refractivity (Wildman–Crippen MR) is 46.2 cm³/mol. The van der Waals surface area contributed by atoms with Crippen molar-refractivity contribution in [2.75, 3.05) is 6.61 Å². The highest BCUT2D eigenvalue weighted by atomic mass is 16.5. The Hall–Kier alpha value is -1.58. The first-order chi connectivity index (χ1) is 5.54. The lowest BCUT2D eigenvalue weighted by Gasteiger charge is -1.92. The van der Waals surface area contributed by atoms with Crippen LogP contribution in [0.15, 0.2) is 25.3 Å². The maximum Gasteiger partial charge on any atom is 0.330 e. The quantitative estimate of drug-likeness (QED) is 0.379. The Morgan fingerprint density at radius 2 is 1.92 bits per heavy atom. The van der Waals surface area contributed by atoms with Gasteiger partial charge in [-0.1, -0.05) is 19.2 Å². The zero-order valence-corrected chi connectivity index (χ0v) is 7.08. The number of rotatable bonds is 3. The standard InChI is InChI=1S/C6H8O2.C2H5NO/c1-3-5-8-6(7)4-2;1-2(3)4/h3-4H,1-2,5H2;1H3,(H2,3,4).